The lowest BCUT2D eigenvalue weighted by molar-refractivity contribution is -0.114. The molecular weight excluding hydrogens is 267 g/mol. The average molecular weight is 286 g/mol. The van der Waals surface area contributed by atoms with Crippen molar-refractivity contribution < 1.29 is 9.18 Å². The first-order chi connectivity index (χ1) is 9.95. The molecule has 0 saturated carbocycles. The van der Waals surface area contributed by atoms with E-state index in [1.807, 2.05) is 32.9 Å². The van der Waals surface area contributed by atoms with E-state index < -0.39 is 0 Å². The smallest absolute Gasteiger partial charge is 0.243 e. The summed E-state index contributed by atoms with van der Waals surface area (Å²) in [6.45, 7) is 6.05. The van der Waals surface area contributed by atoms with Crippen LogP contribution in [0.5, 0.6) is 0 Å². The number of aryl methyl sites for hydroxylation is 3. The van der Waals surface area contributed by atoms with Crippen LogP contribution in [0.1, 0.15) is 16.7 Å². The van der Waals surface area contributed by atoms with Gasteiger partial charge in [0.05, 0.1) is 6.54 Å². The van der Waals surface area contributed by atoms with Gasteiger partial charge in [-0.3, -0.25) is 4.79 Å². The molecule has 0 spiro atoms. The van der Waals surface area contributed by atoms with Crippen molar-refractivity contribution in [1.29, 1.82) is 0 Å². The first-order valence-electron chi connectivity index (χ1n) is 6.83. The molecule has 0 saturated heterocycles. The zero-order valence-corrected chi connectivity index (χ0v) is 12.5. The van der Waals surface area contributed by atoms with Gasteiger partial charge in [-0.1, -0.05) is 23.8 Å². The van der Waals surface area contributed by atoms with E-state index >= 15 is 0 Å². The summed E-state index contributed by atoms with van der Waals surface area (Å²) >= 11 is 0. The van der Waals surface area contributed by atoms with Gasteiger partial charge in [-0.05, 0) is 50.1 Å². The van der Waals surface area contributed by atoms with Crippen LogP contribution in [0.3, 0.4) is 0 Å². The SMILES string of the molecule is Cc1cc(C)c(NC(=O)CNc2cccc(F)c2)c(C)c1. The van der Waals surface area contributed by atoms with Crippen molar-refractivity contribution in [3.63, 3.8) is 0 Å². The third kappa shape index (κ3) is 4.05. The molecule has 0 aromatic heterocycles. The molecule has 1 amide bonds. The van der Waals surface area contributed by atoms with Crippen molar-refractivity contribution in [3.05, 3.63) is 58.9 Å². The molecule has 2 aromatic rings. The maximum absolute atomic E-state index is 13.0. The Morgan fingerprint density at radius 3 is 2.38 bits per heavy atom. The van der Waals surface area contributed by atoms with E-state index in [9.17, 15) is 9.18 Å². The van der Waals surface area contributed by atoms with Crippen LogP contribution in [0, 0.1) is 26.6 Å². The van der Waals surface area contributed by atoms with E-state index in [-0.39, 0.29) is 18.3 Å². The molecule has 0 fully saturated rings. The van der Waals surface area contributed by atoms with Crippen LogP contribution in [0.2, 0.25) is 0 Å². The molecule has 110 valence electrons. The molecule has 0 aliphatic heterocycles. The number of anilines is 2. The summed E-state index contributed by atoms with van der Waals surface area (Å²) in [4.78, 5) is 12.0. The fraction of sp³-hybridized carbons (Fsp3) is 0.235. The first kappa shape index (κ1) is 15.0. The highest BCUT2D eigenvalue weighted by Crippen LogP contribution is 2.21. The summed E-state index contributed by atoms with van der Waals surface area (Å²) in [5.74, 6) is -0.486. The quantitative estimate of drug-likeness (QED) is 0.897. The van der Waals surface area contributed by atoms with E-state index in [1.165, 1.54) is 17.7 Å². The van der Waals surface area contributed by atoms with Crippen LogP contribution in [-0.4, -0.2) is 12.5 Å². The summed E-state index contributed by atoms with van der Waals surface area (Å²) in [6, 6.07) is 10.1. The summed E-state index contributed by atoms with van der Waals surface area (Å²) in [6.07, 6.45) is 0. The summed E-state index contributed by atoms with van der Waals surface area (Å²) < 4.78 is 13.0. The van der Waals surface area contributed by atoms with Crippen molar-refractivity contribution in [1.82, 2.24) is 0 Å². The van der Waals surface area contributed by atoms with E-state index in [4.69, 9.17) is 0 Å². The van der Waals surface area contributed by atoms with Gasteiger partial charge < -0.3 is 10.6 Å². The van der Waals surface area contributed by atoms with Crippen LogP contribution in [0.15, 0.2) is 36.4 Å². The largest absolute Gasteiger partial charge is 0.376 e. The maximum Gasteiger partial charge on any atom is 0.243 e. The average Bonchev–Trinajstić information content (AvgIpc) is 2.40. The molecule has 4 heteroatoms. The predicted molar refractivity (Wildman–Crippen MR) is 84.2 cm³/mol. The van der Waals surface area contributed by atoms with Crippen molar-refractivity contribution >= 4 is 17.3 Å². The fourth-order valence-corrected chi connectivity index (χ4v) is 2.34. The van der Waals surface area contributed by atoms with Crippen LogP contribution < -0.4 is 10.6 Å². The number of hydrogen-bond acceptors (Lipinski definition) is 2. The Bertz CT molecular complexity index is 645. The molecule has 2 aromatic carbocycles. The Balaban J connectivity index is 1.99. The van der Waals surface area contributed by atoms with E-state index in [0.717, 1.165) is 16.8 Å². The van der Waals surface area contributed by atoms with Gasteiger partial charge >= 0.3 is 0 Å². The molecule has 0 bridgehead atoms. The standard InChI is InChI=1S/C17H19FN2O/c1-11-7-12(2)17(13(3)8-11)20-16(21)10-19-15-6-4-5-14(18)9-15/h4-9,19H,10H2,1-3H3,(H,20,21). The van der Waals surface area contributed by atoms with Gasteiger partial charge in [-0.15, -0.1) is 0 Å². The normalized spacial score (nSPS) is 10.3. The van der Waals surface area contributed by atoms with Crippen molar-refractivity contribution in [2.75, 3.05) is 17.2 Å². The summed E-state index contributed by atoms with van der Waals surface area (Å²) in [5.41, 5.74) is 4.66. The number of hydrogen-bond donors (Lipinski definition) is 2. The minimum Gasteiger partial charge on any atom is -0.376 e. The number of carbonyl (C=O) groups is 1. The number of amides is 1. The number of nitrogens with one attached hydrogen (secondary N) is 2. The lowest BCUT2D eigenvalue weighted by atomic mass is 10.1. The van der Waals surface area contributed by atoms with Crippen molar-refractivity contribution in [3.8, 4) is 0 Å². The Labute approximate surface area is 124 Å². The van der Waals surface area contributed by atoms with Gasteiger partial charge in [0.15, 0.2) is 0 Å². The number of rotatable bonds is 4. The highest BCUT2D eigenvalue weighted by molar-refractivity contribution is 5.95. The van der Waals surface area contributed by atoms with Gasteiger partial charge in [-0.2, -0.15) is 0 Å². The highest BCUT2D eigenvalue weighted by atomic mass is 19.1. The second-order valence-corrected chi connectivity index (χ2v) is 5.19. The predicted octanol–water partition coefficient (Wildman–Crippen LogP) is 3.80. The Hall–Kier alpha value is -2.36. The Morgan fingerprint density at radius 2 is 1.76 bits per heavy atom. The molecule has 3 nitrogen and oxygen atoms in total. The second-order valence-electron chi connectivity index (χ2n) is 5.19. The molecule has 0 aliphatic carbocycles. The lowest BCUT2D eigenvalue weighted by Crippen LogP contribution is -2.22. The number of halogens is 1. The minimum atomic E-state index is -0.328. The molecule has 0 aliphatic rings. The third-order valence-electron chi connectivity index (χ3n) is 3.22. The molecule has 21 heavy (non-hydrogen) atoms. The zero-order valence-electron chi connectivity index (χ0n) is 12.5. The van der Waals surface area contributed by atoms with Crippen LogP contribution in [0.4, 0.5) is 15.8 Å². The maximum atomic E-state index is 13.0. The van der Waals surface area contributed by atoms with E-state index in [2.05, 4.69) is 10.6 Å². The molecule has 2 N–H and O–H groups in total. The van der Waals surface area contributed by atoms with E-state index in [1.54, 1.807) is 12.1 Å². The Kier molecular flexibility index (Phi) is 4.58. The monoisotopic (exact) mass is 286 g/mol. The molecule has 0 heterocycles. The van der Waals surface area contributed by atoms with Crippen LogP contribution >= 0.6 is 0 Å². The summed E-state index contributed by atoms with van der Waals surface area (Å²) in [7, 11) is 0. The van der Waals surface area contributed by atoms with Gasteiger partial charge in [-0.25, -0.2) is 4.39 Å². The fourth-order valence-electron chi connectivity index (χ4n) is 2.34. The van der Waals surface area contributed by atoms with Crippen molar-refractivity contribution in [2.24, 2.45) is 0 Å². The van der Waals surface area contributed by atoms with Gasteiger partial charge in [0.25, 0.3) is 0 Å². The molecule has 2 rings (SSSR count). The van der Waals surface area contributed by atoms with Crippen LogP contribution in [-0.2, 0) is 4.79 Å². The van der Waals surface area contributed by atoms with Gasteiger partial charge in [0.2, 0.25) is 5.91 Å². The number of carbonyl (C=O) groups excluding carboxylic acids is 1. The summed E-state index contributed by atoms with van der Waals surface area (Å²) in [5, 5.41) is 5.80. The first-order valence-corrected chi connectivity index (χ1v) is 6.83. The Morgan fingerprint density at radius 1 is 1.10 bits per heavy atom. The van der Waals surface area contributed by atoms with Crippen LogP contribution in [0.25, 0.3) is 0 Å². The minimum absolute atomic E-state index is 0.0935. The second kappa shape index (κ2) is 6.39. The molecule has 0 atom stereocenters. The van der Waals surface area contributed by atoms with Gasteiger partial charge in [0, 0.05) is 11.4 Å². The molecule has 0 radical (unpaired) electrons. The third-order valence-corrected chi connectivity index (χ3v) is 3.22. The zero-order chi connectivity index (χ0) is 15.4. The number of benzene rings is 2. The van der Waals surface area contributed by atoms with Crippen molar-refractivity contribution in [2.45, 2.75) is 20.8 Å². The molecule has 0 unspecified atom stereocenters. The van der Waals surface area contributed by atoms with E-state index in [0.29, 0.717) is 5.69 Å². The topological polar surface area (TPSA) is 41.1 Å². The van der Waals surface area contributed by atoms with Gasteiger partial charge in [0.1, 0.15) is 5.82 Å². The lowest BCUT2D eigenvalue weighted by Gasteiger charge is -2.13. The molecular formula is C17H19FN2O. The highest BCUT2D eigenvalue weighted by Gasteiger charge is 2.08.